The fourth-order valence-corrected chi connectivity index (χ4v) is 5.52. The first-order chi connectivity index (χ1) is 9.44. The standard InChI is InChI=1S/C12H29NO3P3S/c1-17-9-13(10-19(2,14)15)8-7-11-3-5-12(6-4-11)16-18-20/h11-12,14-15,17-18,20H,3-10H2,1-2H3/q+1. The van der Waals surface area contributed by atoms with E-state index in [-0.39, 0.29) is 0 Å². The van der Waals surface area contributed by atoms with Gasteiger partial charge >= 0.3 is 0 Å². The highest BCUT2D eigenvalue weighted by Gasteiger charge is 2.29. The molecule has 0 amide bonds. The van der Waals surface area contributed by atoms with Crippen LogP contribution in [0.3, 0.4) is 0 Å². The SMILES string of the molecule is CPCN(CCC1CCC(OPS)CC1)C[P+](C)(O)O. The van der Waals surface area contributed by atoms with Gasteiger partial charge in [-0.3, -0.25) is 4.90 Å². The van der Waals surface area contributed by atoms with Crippen LogP contribution in [0.4, 0.5) is 0 Å². The Hall–Kier alpha value is 1.48. The smallest absolute Gasteiger partial charge is 0.279 e. The third kappa shape index (κ3) is 8.81. The van der Waals surface area contributed by atoms with E-state index >= 15 is 0 Å². The lowest BCUT2D eigenvalue weighted by molar-refractivity contribution is 0.144. The Morgan fingerprint density at radius 3 is 2.45 bits per heavy atom. The van der Waals surface area contributed by atoms with Gasteiger partial charge in [0.15, 0.2) is 6.29 Å². The van der Waals surface area contributed by atoms with Gasteiger partial charge < -0.3 is 4.52 Å². The quantitative estimate of drug-likeness (QED) is 0.436. The van der Waals surface area contributed by atoms with E-state index < -0.39 is 7.72 Å². The molecule has 2 unspecified atom stereocenters. The predicted octanol–water partition coefficient (Wildman–Crippen LogP) is 3.38. The van der Waals surface area contributed by atoms with Gasteiger partial charge in [0, 0.05) is 12.8 Å². The maximum Gasteiger partial charge on any atom is 0.279 e. The summed E-state index contributed by atoms with van der Waals surface area (Å²) in [5, 5.41) is 0. The fourth-order valence-electron chi connectivity index (χ4n) is 2.78. The van der Waals surface area contributed by atoms with E-state index in [1.807, 2.05) is 0 Å². The fraction of sp³-hybridized carbons (Fsp3) is 1.00. The lowest BCUT2D eigenvalue weighted by Gasteiger charge is -2.30. The van der Waals surface area contributed by atoms with Gasteiger partial charge in [0.1, 0.15) is 6.66 Å². The average molecular weight is 360 g/mol. The lowest BCUT2D eigenvalue weighted by Crippen LogP contribution is -2.29. The van der Waals surface area contributed by atoms with Crippen molar-refractivity contribution in [1.82, 2.24) is 4.90 Å². The highest BCUT2D eigenvalue weighted by atomic mass is 32.7. The van der Waals surface area contributed by atoms with E-state index in [2.05, 4.69) is 23.8 Å². The molecule has 8 heteroatoms. The van der Waals surface area contributed by atoms with Gasteiger partial charge in [-0.15, -0.1) is 20.8 Å². The molecule has 0 aromatic heterocycles. The molecule has 1 rings (SSSR count). The second-order valence-corrected chi connectivity index (χ2v) is 10.2. The van der Waals surface area contributed by atoms with Crippen molar-refractivity contribution in [3.63, 3.8) is 0 Å². The summed E-state index contributed by atoms with van der Waals surface area (Å²) in [6.45, 7) is 4.72. The first kappa shape index (κ1) is 19.5. The van der Waals surface area contributed by atoms with Crippen molar-refractivity contribution in [1.29, 1.82) is 0 Å². The molecule has 1 saturated carbocycles. The van der Waals surface area contributed by atoms with Crippen LogP contribution in [0.5, 0.6) is 0 Å². The van der Waals surface area contributed by atoms with Gasteiger partial charge in [-0.2, -0.15) is 0 Å². The Morgan fingerprint density at radius 1 is 1.30 bits per heavy atom. The number of rotatable bonds is 9. The Labute approximate surface area is 132 Å². The number of hydrogen-bond acceptors (Lipinski definition) is 5. The maximum absolute atomic E-state index is 9.65. The lowest BCUT2D eigenvalue weighted by atomic mass is 9.85. The molecule has 2 N–H and O–H groups in total. The molecule has 1 fully saturated rings. The molecule has 0 radical (unpaired) electrons. The van der Waals surface area contributed by atoms with Gasteiger partial charge in [0.05, 0.1) is 14.1 Å². The van der Waals surface area contributed by atoms with E-state index in [9.17, 15) is 9.79 Å². The second-order valence-electron chi connectivity index (χ2n) is 5.78. The maximum atomic E-state index is 9.65. The Kier molecular flexibility index (Phi) is 10.0. The summed E-state index contributed by atoms with van der Waals surface area (Å²) in [6, 6.07) is 0. The molecular weight excluding hydrogens is 331 g/mol. The first-order valence-electron chi connectivity index (χ1n) is 7.17. The first-order valence-corrected chi connectivity index (χ1v) is 13.4. The van der Waals surface area contributed by atoms with Crippen LogP contribution in [-0.2, 0) is 4.52 Å². The van der Waals surface area contributed by atoms with Crippen molar-refractivity contribution in [2.24, 2.45) is 5.92 Å². The van der Waals surface area contributed by atoms with Gasteiger partial charge in [-0.25, -0.2) is 9.79 Å². The summed E-state index contributed by atoms with van der Waals surface area (Å²) in [5.41, 5.74) is 0. The molecule has 20 heavy (non-hydrogen) atoms. The summed E-state index contributed by atoms with van der Waals surface area (Å²) < 4.78 is 5.58. The molecule has 2 atom stereocenters. The van der Waals surface area contributed by atoms with E-state index in [0.29, 0.717) is 20.4 Å². The summed E-state index contributed by atoms with van der Waals surface area (Å²) >= 11 is 4.14. The molecular formula is C12H29NO3P3S+. The highest BCUT2D eigenvalue weighted by Crippen LogP contribution is 2.46. The van der Waals surface area contributed by atoms with Crippen molar-refractivity contribution < 1.29 is 14.3 Å². The Morgan fingerprint density at radius 2 is 1.95 bits per heavy atom. The second kappa shape index (κ2) is 10.3. The number of thiol groups is 1. The summed E-state index contributed by atoms with van der Waals surface area (Å²) in [7, 11) is -1.55. The van der Waals surface area contributed by atoms with Gasteiger partial charge in [-0.1, -0.05) is 0 Å². The predicted molar refractivity (Wildman–Crippen MR) is 96.7 cm³/mol. The minimum atomic E-state index is -2.69. The third-order valence-electron chi connectivity index (χ3n) is 3.72. The van der Waals surface area contributed by atoms with Crippen molar-refractivity contribution >= 4 is 36.6 Å². The topological polar surface area (TPSA) is 52.9 Å². The van der Waals surface area contributed by atoms with E-state index in [4.69, 9.17) is 4.52 Å². The van der Waals surface area contributed by atoms with E-state index in [1.54, 1.807) is 6.66 Å². The van der Waals surface area contributed by atoms with Gasteiger partial charge in [0.2, 0.25) is 0 Å². The molecule has 0 aromatic carbocycles. The highest BCUT2D eigenvalue weighted by molar-refractivity contribution is 8.36. The summed E-state index contributed by atoms with van der Waals surface area (Å²) in [6.07, 6.45) is 7.78. The number of nitrogens with zero attached hydrogens (tertiary/aromatic N) is 1. The molecule has 0 aromatic rings. The summed E-state index contributed by atoms with van der Waals surface area (Å²) in [4.78, 5) is 21.5. The molecule has 0 bridgehead atoms. The minimum absolute atomic E-state index is 0.306. The third-order valence-corrected chi connectivity index (χ3v) is 6.17. The molecule has 0 heterocycles. The van der Waals surface area contributed by atoms with Crippen LogP contribution < -0.4 is 0 Å². The van der Waals surface area contributed by atoms with Crippen molar-refractivity contribution in [3.05, 3.63) is 0 Å². The normalized spacial score (nSPS) is 25.5. The van der Waals surface area contributed by atoms with Crippen molar-refractivity contribution in [2.75, 3.05) is 32.4 Å². The molecule has 4 nitrogen and oxygen atoms in total. The van der Waals surface area contributed by atoms with Crippen LogP contribution in [0.25, 0.3) is 0 Å². The summed E-state index contributed by atoms with van der Waals surface area (Å²) in [5.74, 6) is 0.766. The van der Waals surface area contributed by atoms with Crippen LogP contribution in [0, 0.1) is 5.92 Å². The molecule has 0 saturated heterocycles. The van der Waals surface area contributed by atoms with Crippen LogP contribution in [0.1, 0.15) is 32.1 Å². The Balaban J connectivity index is 2.26. The molecule has 120 valence electrons. The van der Waals surface area contributed by atoms with Crippen LogP contribution >= 0.6 is 36.6 Å². The molecule has 0 aliphatic heterocycles. The zero-order valence-electron chi connectivity index (χ0n) is 12.5. The van der Waals surface area contributed by atoms with Gasteiger partial charge in [0.25, 0.3) is 7.72 Å². The zero-order chi connectivity index (χ0) is 15.0. The largest absolute Gasteiger partial charge is 0.348 e. The van der Waals surface area contributed by atoms with Crippen molar-refractivity contribution in [3.8, 4) is 0 Å². The average Bonchev–Trinajstić information content (AvgIpc) is 2.36. The van der Waals surface area contributed by atoms with Gasteiger partial charge in [-0.05, 0) is 44.7 Å². The zero-order valence-corrected chi connectivity index (χ0v) is 16.2. The van der Waals surface area contributed by atoms with Crippen LogP contribution in [0.2, 0.25) is 0 Å². The Bertz CT molecular complexity index is 261. The van der Waals surface area contributed by atoms with Crippen LogP contribution in [0.15, 0.2) is 0 Å². The number of hydrogen-bond donors (Lipinski definition) is 3. The minimum Gasteiger partial charge on any atom is -0.348 e. The molecule has 1 aliphatic carbocycles. The molecule has 1 aliphatic rings. The van der Waals surface area contributed by atoms with Crippen molar-refractivity contribution in [2.45, 2.75) is 38.2 Å². The molecule has 0 spiro atoms. The monoisotopic (exact) mass is 360 g/mol. The van der Waals surface area contributed by atoms with E-state index in [1.165, 1.54) is 19.3 Å². The van der Waals surface area contributed by atoms with Crippen LogP contribution in [-0.4, -0.2) is 53.2 Å². The van der Waals surface area contributed by atoms with E-state index in [0.717, 1.165) is 40.2 Å².